The molecule has 0 fully saturated rings. The average Bonchev–Trinajstić information content (AvgIpc) is 2.49. The summed E-state index contributed by atoms with van der Waals surface area (Å²) in [6.45, 7) is 0.284. The highest BCUT2D eigenvalue weighted by atomic mass is 16.3. The molecule has 14 heavy (non-hydrogen) atoms. The van der Waals surface area contributed by atoms with Gasteiger partial charge in [-0.05, 0) is 0 Å². The van der Waals surface area contributed by atoms with Crippen LogP contribution in [0.4, 0.5) is 0 Å². The zero-order valence-electron chi connectivity index (χ0n) is 7.27. The zero-order chi connectivity index (χ0) is 10.1. The summed E-state index contributed by atoms with van der Waals surface area (Å²) < 4.78 is 0. The van der Waals surface area contributed by atoms with E-state index < -0.39 is 6.04 Å². The van der Waals surface area contributed by atoms with Gasteiger partial charge in [0.15, 0.2) is 6.04 Å². The number of aliphatic hydroxyl groups excluding tert-OH is 1. The van der Waals surface area contributed by atoms with Crippen LogP contribution in [0.2, 0.25) is 0 Å². The van der Waals surface area contributed by atoms with E-state index >= 15 is 0 Å². The Morgan fingerprint density at radius 2 is 2.50 bits per heavy atom. The molecule has 1 amide bonds. The fourth-order valence-corrected chi connectivity index (χ4v) is 1.35. The van der Waals surface area contributed by atoms with Gasteiger partial charge in [-0.1, -0.05) is 0 Å². The van der Waals surface area contributed by atoms with Crippen molar-refractivity contribution in [1.29, 1.82) is 5.41 Å². The second kappa shape index (κ2) is 3.18. The largest absolute Gasteiger partial charge is 0.395 e. The first-order chi connectivity index (χ1) is 6.72. The molecule has 74 valence electrons. The lowest BCUT2D eigenvalue weighted by Gasteiger charge is -2.20. The summed E-state index contributed by atoms with van der Waals surface area (Å²) >= 11 is 0. The molecule has 2 aliphatic rings. The Morgan fingerprint density at radius 1 is 1.71 bits per heavy atom. The van der Waals surface area contributed by atoms with Gasteiger partial charge in [-0.3, -0.25) is 20.5 Å². The third-order valence-electron chi connectivity index (χ3n) is 1.95. The van der Waals surface area contributed by atoms with Crippen molar-refractivity contribution in [3.05, 3.63) is 0 Å². The van der Waals surface area contributed by atoms with Crippen LogP contribution in [0.1, 0.15) is 0 Å². The molecule has 0 spiro atoms. The van der Waals surface area contributed by atoms with Crippen LogP contribution in [-0.2, 0) is 4.79 Å². The minimum atomic E-state index is -0.657. The van der Waals surface area contributed by atoms with Crippen molar-refractivity contribution in [1.82, 2.24) is 10.2 Å². The zero-order valence-corrected chi connectivity index (χ0v) is 7.27. The Hall–Kier alpha value is -1.76. The lowest BCUT2D eigenvalue weighted by molar-refractivity contribution is -0.119. The van der Waals surface area contributed by atoms with Gasteiger partial charge in [0.05, 0.1) is 12.9 Å². The van der Waals surface area contributed by atoms with E-state index in [4.69, 9.17) is 10.5 Å². The van der Waals surface area contributed by atoms with Crippen LogP contribution in [-0.4, -0.2) is 53.2 Å². The number of nitrogens with one attached hydrogen (secondary N) is 2. The van der Waals surface area contributed by atoms with Crippen molar-refractivity contribution >= 4 is 24.0 Å². The standard InChI is InChI=1S/C7H9N5O2/c8-7-10-5-4(6(14)11-7)9-3-12(5)1-2-13/h3-4,13H,1-2H2,(H2,8,11,14). The highest BCUT2D eigenvalue weighted by molar-refractivity contribution is 6.23. The Bertz CT molecular complexity index is 348. The maximum atomic E-state index is 11.3. The van der Waals surface area contributed by atoms with E-state index in [1.165, 1.54) is 6.34 Å². The van der Waals surface area contributed by atoms with Gasteiger partial charge in [-0.15, -0.1) is 0 Å². The third kappa shape index (κ3) is 1.27. The number of carbonyl (C=O) groups is 1. The lowest BCUT2D eigenvalue weighted by Crippen LogP contribution is -2.49. The van der Waals surface area contributed by atoms with Crippen molar-refractivity contribution < 1.29 is 9.90 Å². The molecule has 0 saturated carbocycles. The molecule has 0 aliphatic carbocycles. The van der Waals surface area contributed by atoms with Crippen molar-refractivity contribution in [3.63, 3.8) is 0 Å². The molecule has 0 aromatic rings. The summed E-state index contributed by atoms with van der Waals surface area (Å²) in [6.07, 6.45) is 1.46. The Labute approximate surface area is 79.7 Å². The van der Waals surface area contributed by atoms with Gasteiger partial charge in [-0.2, -0.15) is 4.99 Å². The van der Waals surface area contributed by atoms with E-state index in [0.717, 1.165) is 0 Å². The van der Waals surface area contributed by atoms with E-state index in [1.807, 2.05) is 0 Å². The molecule has 1 atom stereocenters. The summed E-state index contributed by atoms with van der Waals surface area (Å²) in [6, 6.07) is -0.657. The number of aliphatic hydroxyl groups is 1. The normalized spacial score (nSPS) is 24.8. The molecule has 0 aromatic carbocycles. The summed E-state index contributed by atoms with van der Waals surface area (Å²) in [5.41, 5.74) is 0. The van der Waals surface area contributed by atoms with Crippen LogP contribution < -0.4 is 5.32 Å². The number of rotatable bonds is 2. The molecule has 0 radical (unpaired) electrons. The number of hydrogen-bond acceptors (Lipinski definition) is 5. The summed E-state index contributed by atoms with van der Waals surface area (Å²) in [5, 5.41) is 18.2. The molecule has 0 bridgehead atoms. The second-order valence-electron chi connectivity index (χ2n) is 2.89. The van der Waals surface area contributed by atoms with Gasteiger partial charge in [0.25, 0.3) is 5.91 Å². The molecule has 7 heteroatoms. The summed E-state index contributed by atoms with van der Waals surface area (Å²) in [5.74, 6) is -0.126. The molecular weight excluding hydrogens is 186 g/mol. The van der Waals surface area contributed by atoms with E-state index in [2.05, 4.69) is 15.3 Å². The number of guanidine groups is 1. The molecule has 0 aromatic heterocycles. The van der Waals surface area contributed by atoms with E-state index in [1.54, 1.807) is 4.90 Å². The van der Waals surface area contributed by atoms with E-state index in [0.29, 0.717) is 12.4 Å². The average molecular weight is 195 g/mol. The second-order valence-corrected chi connectivity index (χ2v) is 2.89. The van der Waals surface area contributed by atoms with Crippen molar-refractivity contribution in [2.45, 2.75) is 6.04 Å². The van der Waals surface area contributed by atoms with Crippen molar-refractivity contribution in [2.24, 2.45) is 9.98 Å². The van der Waals surface area contributed by atoms with Crippen LogP contribution in [0.3, 0.4) is 0 Å². The lowest BCUT2D eigenvalue weighted by atomic mass is 10.2. The third-order valence-corrected chi connectivity index (χ3v) is 1.95. The van der Waals surface area contributed by atoms with Gasteiger partial charge in [0.2, 0.25) is 5.96 Å². The van der Waals surface area contributed by atoms with Crippen LogP contribution in [0.15, 0.2) is 9.98 Å². The minimum Gasteiger partial charge on any atom is -0.395 e. The smallest absolute Gasteiger partial charge is 0.259 e. The van der Waals surface area contributed by atoms with E-state index in [-0.39, 0.29) is 18.5 Å². The fourth-order valence-electron chi connectivity index (χ4n) is 1.35. The monoisotopic (exact) mass is 195 g/mol. The number of carbonyl (C=O) groups excluding carboxylic acids is 1. The maximum absolute atomic E-state index is 11.3. The summed E-state index contributed by atoms with van der Waals surface area (Å²) in [4.78, 5) is 20.6. The van der Waals surface area contributed by atoms with Crippen molar-refractivity contribution in [3.8, 4) is 0 Å². The van der Waals surface area contributed by atoms with Crippen LogP contribution in [0, 0.1) is 5.41 Å². The van der Waals surface area contributed by atoms with Crippen LogP contribution >= 0.6 is 0 Å². The molecule has 0 saturated heterocycles. The highest BCUT2D eigenvalue weighted by Crippen LogP contribution is 2.11. The predicted octanol–water partition coefficient (Wildman–Crippen LogP) is -1.85. The van der Waals surface area contributed by atoms with Gasteiger partial charge in [0.1, 0.15) is 5.84 Å². The first kappa shape index (κ1) is 8.82. The Kier molecular flexibility index (Phi) is 2.01. The quantitative estimate of drug-likeness (QED) is 0.482. The number of amides is 1. The number of fused-ring (bicyclic) bond motifs is 1. The Morgan fingerprint density at radius 3 is 3.21 bits per heavy atom. The molecule has 1 unspecified atom stereocenters. The van der Waals surface area contributed by atoms with Gasteiger partial charge in [0, 0.05) is 6.54 Å². The fraction of sp³-hybridized carbons (Fsp3) is 0.429. The minimum absolute atomic E-state index is 0.0489. The molecule has 3 N–H and O–H groups in total. The Balaban J connectivity index is 2.26. The SMILES string of the molecule is N=C1N=C2C(N=CN2CCO)C(=O)N1. The molecular formula is C7H9N5O2. The van der Waals surface area contributed by atoms with Crippen LogP contribution in [0.25, 0.3) is 0 Å². The number of amidine groups is 1. The van der Waals surface area contributed by atoms with Gasteiger partial charge in [-0.25, -0.2) is 0 Å². The van der Waals surface area contributed by atoms with Crippen molar-refractivity contribution in [2.75, 3.05) is 13.2 Å². The van der Waals surface area contributed by atoms with Gasteiger partial charge >= 0.3 is 0 Å². The predicted molar refractivity (Wildman–Crippen MR) is 49.4 cm³/mol. The highest BCUT2D eigenvalue weighted by Gasteiger charge is 2.35. The number of nitrogens with zero attached hydrogens (tertiary/aromatic N) is 3. The maximum Gasteiger partial charge on any atom is 0.259 e. The first-order valence-electron chi connectivity index (χ1n) is 4.11. The summed E-state index contributed by atoms with van der Waals surface area (Å²) in [7, 11) is 0. The van der Waals surface area contributed by atoms with Crippen LogP contribution in [0.5, 0.6) is 0 Å². The number of aliphatic imine (C=N–C) groups is 2. The first-order valence-corrected chi connectivity index (χ1v) is 4.11. The van der Waals surface area contributed by atoms with E-state index in [9.17, 15) is 4.79 Å². The molecule has 2 heterocycles. The number of β-amino-alcohol motifs (C(OH)–C–C–N with tert-alkyl or cyclic N) is 1. The molecule has 2 aliphatic heterocycles. The molecule has 7 nitrogen and oxygen atoms in total. The number of hydrogen-bond donors (Lipinski definition) is 3. The van der Waals surface area contributed by atoms with Gasteiger partial charge < -0.3 is 10.0 Å². The topological polar surface area (TPSA) is 101 Å². The molecule has 2 rings (SSSR count).